The van der Waals surface area contributed by atoms with Gasteiger partial charge in [-0.15, -0.1) is 5.06 Å². The molecule has 1 heterocycles. The second-order valence-corrected chi connectivity index (χ2v) is 6.25. The molecule has 0 spiro atoms. The van der Waals surface area contributed by atoms with Crippen molar-refractivity contribution in [2.75, 3.05) is 20.8 Å². The quantitative estimate of drug-likeness (QED) is 0.423. The lowest BCUT2D eigenvalue weighted by Crippen LogP contribution is -2.40. The van der Waals surface area contributed by atoms with Crippen LogP contribution >= 0.6 is 0 Å². The van der Waals surface area contributed by atoms with Gasteiger partial charge in [0.2, 0.25) is 0 Å². The van der Waals surface area contributed by atoms with E-state index in [1.807, 2.05) is 0 Å². The van der Waals surface area contributed by atoms with E-state index < -0.39 is 27.6 Å². The molecule has 1 aliphatic heterocycles. The van der Waals surface area contributed by atoms with Crippen molar-refractivity contribution in [2.45, 2.75) is 17.4 Å². The average molecular weight is 329 g/mol. The van der Waals surface area contributed by atoms with Gasteiger partial charge in [0.25, 0.3) is 5.54 Å². The molecule has 0 saturated carbocycles. The summed E-state index contributed by atoms with van der Waals surface area (Å²) in [6.45, 7) is 1.54. The maximum atomic E-state index is 12.1. The van der Waals surface area contributed by atoms with Crippen LogP contribution in [0.2, 0.25) is 0 Å². The van der Waals surface area contributed by atoms with Crippen molar-refractivity contribution in [3.05, 3.63) is 29.8 Å². The van der Waals surface area contributed by atoms with Crippen molar-refractivity contribution < 1.29 is 31.8 Å². The molecule has 0 amide bonds. The zero-order valence-electron chi connectivity index (χ0n) is 12.2. The summed E-state index contributed by atoms with van der Waals surface area (Å²) in [6, 6.07) is 5.94. The summed E-state index contributed by atoms with van der Waals surface area (Å²) >= 11 is 0. The first kappa shape index (κ1) is 16.4. The van der Waals surface area contributed by atoms with E-state index in [1.54, 1.807) is 19.1 Å². The van der Waals surface area contributed by atoms with Crippen LogP contribution in [0.5, 0.6) is 0 Å². The van der Waals surface area contributed by atoms with Gasteiger partial charge in [0.05, 0.1) is 25.7 Å². The van der Waals surface area contributed by atoms with Crippen LogP contribution in [0.1, 0.15) is 5.56 Å². The Balaban J connectivity index is 2.22. The Hall–Kier alpha value is -1.97. The zero-order chi connectivity index (χ0) is 16.5. The van der Waals surface area contributed by atoms with Crippen molar-refractivity contribution in [1.29, 1.82) is 0 Å². The topological polar surface area (TPSA) is 99.0 Å². The van der Waals surface area contributed by atoms with Gasteiger partial charge in [0.1, 0.15) is 0 Å². The summed E-state index contributed by atoms with van der Waals surface area (Å²) in [5.41, 5.74) is -0.995. The van der Waals surface area contributed by atoms with Gasteiger partial charge in [0.15, 0.2) is 0 Å². The summed E-state index contributed by atoms with van der Waals surface area (Å²) < 4.78 is 38.1. The highest BCUT2D eigenvalue weighted by molar-refractivity contribution is 7.86. The Morgan fingerprint density at radius 1 is 1.09 bits per heavy atom. The standard InChI is InChI=1S/C13H15NO7S/c1-9-4-6-10(7-5-9)22(17,18)21-14-8-13(14,11(15)19-2)12(16)20-3/h4-7H,8H2,1-3H3. The monoisotopic (exact) mass is 329 g/mol. The average Bonchev–Trinajstić information content (AvgIpc) is 3.20. The van der Waals surface area contributed by atoms with E-state index >= 15 is 0 Å². The number of rotatable bonds is 5. The Morgan fingerprint density at radius 2 is 1.59 bits per heavy atom. The molecular formula is C13H15NO7S. The van der Waals surface area contributed by atoms with E-state index in [4.69, 9.17) is 4.28 Å². The Morgan fingerprint density at radius 3 is 2.05 bits per heavy atom. The van der Waals surface area contributed by atoms with Gasteiger partial charge in [-0.25, -0.2) is 9.59 Å². The molecule has 8 nitrogen and oxygen atoms in total. The number of hydroxylamine groups is 2. The molecule has 0 aliphatic carbocycles. The highest BCUT2D eigenvalue weighted by atomic mass is 32.2. The minimum absolute atomic E-state index is 0.0892. The third-order valence-corrected chi connectivity index (χ3v) is 4.46. The van der Waals surface area contributed by atoms with Gasteiger partial charge in [-0.05, 0) is 19.1 Å². The highest BCUT2D eigenvalue weighted by Crippen LogP contribution is 2.37. The molecule has 1 atom stereocenters. The first-order chi connectivity index (χ1) is 10.3. The molecule has 1 fully saturated rings. The first-order valence-electron chi connectivity index (χ1n) is 6.23. The van der Waals surface area contributed by atoms with E-state index in [2.05, 4.69) is 9.47 Å². The highest BCUT2D eigenvalue weighted by Gasteiger charge is 2.70. The molecule has 0 bridgehead atoms. The Labute approximate surface area is 127 Å². The zero-order valence-corrected chi connectivity index (χ0v) is 13.0. The molecule has 9 heteroatoms. The number of methoxy groups -OCH3 is 2. The molecule has 1 unspecified atom stereocenters. The SMILES string of the molecule is COC(=O)C1(C(=O)OC)CN1OS(=O)(=O)c1ccc(C)cc1. The molecule has 0 aromatic heterocycles. The molecular weight excluding hydrogens is 314 g/mol. The van der Waals surface area contributed by atoms with Gasteiger partial charge < -0.3 is 9.47 Å². The van der Waals surface area contributed by atoms with E-state index in [9.17, 15) is 18.0 Å². The number of esters is 2. The normalized spacial score (nSPS) is 19.3. The second-order valence-electron chi connectivity index (χ2n) is 4.72. The van der Waals surface area contributed by atoms with Gasteiger partial charge in [-0.1, -0.05) is 17.7 Å². The van der Waals surface area contributed by atoms with Gasteiger partial charge in [0, 0.05) is 0 Å². The second kappa shape index (κ2) is 5.67. The third-order valence-electron chi connectivity index (χ3n) is 3.24. The van der Waals surface area contributed by atoms with Crippen LogP contribution in [0.15, 0.2) is 29.2 Å². The molecule has 22 heavy (non-hydrogen) atoms. The molecule has 2 rings (SSSR count). The largest absolute Gasteiger partial charge is 0.467 e. The number of aryl methyl sites for hydroxylation is 1. The van der Waals surface area contributed by atoms with Crippen LogP contribution in [-0.4, -0.2) is 51.7 Å². The van der Waals surface area contributed by atoms with E-state index in [-0.39, 0.29) is 11.4 Å². The lowest BCUT2D eigenvalue weighted by molar-refractivity contribution is -0.162. The van der Waals surface area contributed by atoms with Gasteiger partial charge >= 0.3 is 22.1 Å². The maximum absolute atomic E-state index is 12.1. The number of ether oxygens (including phenoxy) is 2. The van der Waals surface area contributed by atoms with Crippen LogP contribution in [0, 0.1) is 6.92 Å². The number of carbonyl (C=O) groups is 2. The van der Waals surface area contributed by atoms with Crippen LogP contribution in [0.25, 0.3) is 0 Å². The number of hydrogen-bond acceptors (Lipinski definition) is 8. The minimum Gasteiger partial charge on any atom is -0.467 e. The van der Waals surface area contributed by atoms with Crippen molar-refractivity contribution in [2.24, 2.45) is 0 Å². The number of nitrogens with zero attached hydrogens (tertiary/aromatic N) is 1. The fourth-order valence-electron chi connectivity index (χ4n) is 1.88. The number of hydrogen-bond donors (Lipinski definition) is 0. The van der Waals surface area contributed by atoms with Crippen LogP contribution in [0.3, 0.4) is 0 Å². The fraction of sp³-hybridized carbons (Fsp3) is 0.385. The first-order valence-corrected chi connectivity index (χ1v) is 7.64. The third kappa shape index (κ3) is 2.70. The van der Waals surface area contributed by atoms with Gasteiger partial charge in [-0.2, -0.15) is 12.7 Å². The lowest BCUT2D eigenvalue weighted by Gasteiger charge is -2.12. The number of carbonyl (C=O) groups excluding carboxylic acids is 2. The summed E-state index contributed by atoms with van der Waals surface area (Å²) in [5.74, 6) is -1.89. The Bertz CT molecular complexity index is 680. The van der Waals surface area contributed by atoms with Crippen molar-refractivity contribution in [1.82, 2.24) is 5.06 Å². The summed E-state index contributed by atoms with van der Waals surface area (Å²) in [5, 5.41) is 0.722. The summed E-state index contributed by atoms with van der Waals surface area (Å²) in [7, 11) is -2.00. The molecule has 0 N–H and O–H groups in total. The van der Waals surface area contributed by atoms with Crippen molar-refractivity contribution in [3.8, 4) is 0 Å². The summed E-state index contributed by atoms with van der Waals surface area (Å²) in [4.78, 5) is 23.4. The molecule has 1 aromatic rings. The molecule has 120 valence electrons. The fourth-order valence-corrected chi connectivity index (χ4v) is 2.85. The van der Waals surface area contributed by atoms with Gasteiger partial charge in [-0.3, -0.25) is 0 Å². The van der Waals surface area contributed by atoms with E-state index in [1.165, 1.54) is 12.1 Å². The van der Waals surface area contributed by atoms with Crippen molar-refractivity contribution in [3.63, 3.8) is 0 Å². The molecule has 1 aliphatic rings. The van der Waals surface area contributed by atoms with E-state index in [0.29, 0.717) is 0 Å². The van der Waals surface area contributed by atoms with Crippen LogP contribution < -0.4 is 0 Å². The van der Waals surface area contributed by atoms with Crippen molar-refractivity contribution >= 4 is 22.1 Å². The predicted octanol–water partition coefficient (Wildman–Crippen LogP) is 0.0157. The molecule has 0 radical (unpaired) electrons. The lowest BCUT2D eigenvalue weighted by atomic mass is 10.1. The predicted molar refractivity (Wildman–Crippen MR) is 72.9 cm³/mol. The van der Waals surface area contributed by atoms with Crippen LogP contribution in [0.4, 0.5) is 0 Å². The molecule has 1 aromatic carbocycles. The number of benzene rings is 1. The van der Waals surface area contributed by atoms with E-state index in [0.717, 1.165) is 24.8 Å². The van der Waals surface area contributed by atoms with Crippen LogP contribution in [-0.2, 0) is 33.5 Å². The smallest absolute Gasteiger partial charge is 0.341 e. The minimum atomic E-state index is -4.16. The summed E-state index contributed by atoms with van der Waals surface area (Å²) in [6.07, 6.45) is 0. The Kier molecular flexibility index (Phi) is 4.23. The maximum Gasteiger partial charge on any atom is 0.341 e. The molecule has 1 saturated heterocycles.